The van der Waals surface area contributed by atoms with E-state index < -0.39 is 0 Å². The highest BCUT2D eigenvalue weighted by Gasteiger charge is 2.38. The van der Waals surface area contributed by atoms with Crippen LogP contribution >= 0.6 is 0 Å². The number of pyridine rings is 2. The van der Waals surface area contributed by atoms with E-state index in [4.69, 9.17) is 14.7 Å². The first kappa shape index (κ1) is 20.2. The van der Waals surface area contributed by atoms with Crippen LogP contribution in [0.3, 0.4) is 0 Å². The molecule has 0 radical (unpaired) electrons. The van der Waals surface area contributed by atoms with Crippen molar-refractivity contribution < 1.29 is 9.53 Å². The molecule has 1 aromatic carbocycles. The summed E-state index contributed by atoms with van der Waals surface area (Å²) in [7, 11) is 0. The summed E-state index contributed by atoms with van der Waals surface area (Å²) in [5.41, 5.74) is 5.92. The van der Waals surface area contributed by atoms with E-state index >= 15 is 0 Å². The average Bonchev–Trinajstić information content (AvgIpc) is 3.15. The molecule has 7 nitrogen and oxygen atoms in total. The average molecular weight is 440 g/mol. The third-order valence-electron chi connectivity index (χ3n) is 6.69. The number of imidazole rings is 1. The second kappa shape index (κ2) is 8.17. The lowest BCUT2D eigenvalue weighted by Crippen LogP contribution is -2.56. The molecule has 2 unspecified atom stereocenters. The van der Waals surface area contributed by atoms with E-state index in [0.717, 1.165) is 40.5 Å². The van der Waals surface area contributed by atoms with Gasteiger partial charge in [-0.2, -0.15) is 0 Å². The van der Waals surface area contributed by atoms with Gasteiger partial charge in [0.2, 0.25) is 0 Å². The summed E-state index contributed by atoms with van der Waals surface area (Å²) in [6, 6.07) is 16.9. The van der Waals surface area contributed by atoms with Gasteiger partial charge in [0.05, 0.1) is 18.9 Å². The zero-order chi connectivity index (χ0) is 22.4. The maximum Gasteiger partial charge on any atom is 0.165 e. The summed E-state index contributed by atoms with van der Waals surface area (Å²) in [4.78, 5) is 28.2. The molecule has 33 heavy (non-hydrogen) atoms. The minimum atomic E-state index is 0.195. The maximum absolute atomic E-state index is 12.0. The second-order valence-electron chi connectivity index (χ2n) is 8.90. The fourth-order valence-electron chi connectivity index (χ4n) is 5.07. The summed E-state index contributed by atoms with van der Waals surface area (Å²) in [5, 5.41) is 0. The molecule has 0 spiro atoms. The number of ether oxygens (including phenoxy) is 1. The Kier molecular flexibility index (Phi) is 5.00. The van der Waals surface area contributed by atoms with Crippen molar-refractivity contribution in [1.82, 2.24) is 24.4 Å². The Hall–Kier alpha value is -3.42. The van der Waals surface area contributed by atoms with E-state index in [1.165, 1.54) is 5.56 Å². The van der Waals surface area contributed by atoms with Crippen molar-refractivity contribution in [2.24, 2.45) is 0 Å². The molecule has 4 aromatic rings. The molecule has 6 rings (SSSR count). The van der Waals surface area contributed by atoms with Crippen LogP contribution in [0.5, 0.6) is 0 Å². The second-order valence-corrected chi connectivity index (χ2v) is 8.90. The van der Waals surface area contributed by atoms with Gasteiger partial charge < -0.3 is 4.74 Å². The number of rotatable bonds is 4. The normalized spacial score (nSPS) is 20.9. The standard InChI is InChI=1S/C26H25N5O2/c1-17-28-25-7-6-24(19-8-10-27-11-9-19)29-26(25)31(17)20-4-2-18(3-5-20)14-30-21-12-23(32)13-22(30)16-33-15-21/h2-11,21-22H,12-16H2,1H3. The number of benzene rings is 1. The van der Waals surface area contributed by atoms with E-state index in [0.29, 0.717) is 31.8 Å². The largest absolute Gasteiger partial charge is 0.378 e. The van der Waals surface area contributed by atoms with Gasteiger partial charge in [0, 0.05) is 55.1 Å². The Labute approximate surface area is 192 Å². The van der Waals surface area contributed by atoms with Crippen LogP contribution in [0.15, 0.2) is 60.9 Å². The number of carbonyl (C=O) groups is 1. The topological polar surface area (TPSA) is 73.1 Å². The van der Waals surface area contributed by atoms with E-state index in [9.17, 15) is 4.79 Å². The molecule has 0 amide bonds. The highest BCUT2D eigenvalue weighted by Crippen LogP contribution is 2.28. The lowest BCUT2D eigenvalue weighted by atomic mass is 9.92. The van der Waals surface area contributed by atoms with Crippen molar-refractivity contribution in [3.8, 4) is 16.9 Å². The number of hydrogen-bond acceptors (Lipinski definition) is 6. The molecular formula is C26H25N5O2. The molecule has 0 N–H and O–H groups in total. The van der Waals surface area contributed by atoms with Gasteiger partial charge in [-0.25, -0.2) is 9.97 Å². The highest BCUT2D eigenvalue weighted by molar-refractivity contribution is 5.80. The van der Waals surface area contributed by atoms with Crippen LogP contribution in [-0.4, -0.2) is 55.5 Å². The van der Waals surface area contributed by atoms with E-state index in [1.807, 2.05) is 31.2 Å². The molecule has 2 aliphatic rings. The minimum absolute atomic E-state index is 0.195. The summed E-state index contributed by atoms with van der Waals surface area (Å²) in [5.74, 6) is 1.26. The highest BCUT2D eigenvalue weighted by atomic mass is 16.5. The molecule has 2 saturated heterocycles. The zero-order valence-electron chi connectivity index (χ0n) is 18.5. The lowest BCUT2D eigenvalue weighted by Gasteiger charge is -2.45. The fourth-order valence-corrected chi connectivity index (χ4v) is 5.07. The van der Waals surface area contributed by atoms with E-state index in [1.54, 1.807) is 12.4 Å². The minimum Gasteiger partial charge on any atom is -0.378 e. The number of morpholine rings is 1. The molecule has 2 fully saturated rings. The number of aromatic nitrogens is 4. The molecular weight excluding hydrogens is 414 g/mol. The van der Waals surface area contributed by atoms with Gasteiger partial charge >= 0.3 is 0 Å². The predicted octanol–water partition coefficient (Wildman–Crippen LogP) is 3.72. The van der Waals surface area contributed by atoms with Crippen molar-refractivity contribution >= 4 is 16.9 Å². The Morgan fingerprint density at radius 1 is 0.939 bits per heavy atom. The van der Waals surface area contributed by atoms with Gasteiger partial charge in [-0.3, -0.25) is 19.2 Å². The van der Waals surface area contributed by atoms with Crippen LogP contribution in [0.2, 0.25) is 0 Å². The van der Waals surface area contributed by atoms with Crippen molar-refractivity contribution in [2.75, 3.05) is 13.2 Å². The van der Waals surface area contributed by atoms with Gasteiger partial charge in [-0.1, -0.05) is 12.1 Å². The quantitative estimate of drug-likeness (QED) is 0.483. The smallest absolute Gasteiger partial charge is 0.165 e. The van der Waals surface area contributed by atoms with Crippen LogP contribution in [0, 0.1) is 6.92 Å². The van der Waals surface area contributed by atoms with E-state index in [2.05, 4.69) is 38.7 Å². The fraction of sp³-hybridized carbons (Fsp3) is 0.308. The zero-order valence-corrected chi connectivity index (χ0v) is 18.5. The molecule has 166 valence electrons. The first-order valence-electron chi connectivity index (χ1n) is 11.4. The predicted molar refractivity (Wildman–Crippen MR) is 125 cm³/mol. The lowest BCUT2D eigenvalue weighted by molar-refractivity contribution is -0.136. The summed E-state index contributed by atoms with van der Waals surface area (Å²) >= 11 is 0. The molecule has 2 aliphatic heterocycles. The van der Waals surface area contributed by atoms with Gasteiger partial charge in [-0.15, -0.1) is 0 Å². The van der Waals surface area contributed by atoms with Gasteiger partial charge in [-0.05, 0) is 48.9 Å². The molecule has 5 heterocycles. The summed E-state index contributed by atoms with van der Waals surface area (Å²) < 4.78 is 7.81. The molecule has 0 saturated carbocycles. The molecule has 7 heteroatoms. The van der Waals surface area contributed by atoms with Crippen LogP contribution < -0.4 is 0 Å². The molecule has 0 aliphatic carbocycles. The third kappa shape index (κ3) is 3.73. The summed E-state index contributed by atoms with van der Waals surface area (Å²) in [6.45, 7) is 4.13. The Morgan fingerprint density at radius 3 is 2.39 bits per heavy atom. The van der Waals surface area contributed by atoms with E-state index in [-0.39, 0.29) is 12.1 Å². The number of ketones is 1. The molecule has 2 bridgehead atoms. The number of fused-ring (bicyclic) bond motifs is 3. The van der Waals surface area contributed by atoms with Crippen molar-refractivity contribution in [1.29, 1.82) is 0 Å². The van der Waals surface area contributed by atoms with Crippen molar-refractivity contribution in [3.05, 3.63) is 72.3 Å². The van der Waals surface area contributed by atoms with Crippen LogP contribution in [0.4, 0.5) is 0 Å². The first-order valence-corrected chi connectivity index (χ1v) is 11.4. The maximum atomic E-state index is 12.0. The Balaban J connectivity index is 1.30. The van der Waals surface area contributed by atoms with Crippen LogP contribution in [0.25, 0.3) is 28.1 Å². The van der Waals surface area contributed by atoms with Crippen molar-refractivity contribution in [3.63, 3.8) is 0 Å². The number of aryl methyl sites for hydroxylation is 1. The Bertz CT molecular complexity index is 1300. The third-order valence-corrected chi connectivity index (χ3v) is 6.69. The number of nitrogens with zero attached hydrogens (tertiary/aromatic N) is 5. The molecule has 2 atom stereocenters. The SMILES string of the molecule is Cc1nc2ccc(-c3ccncc3)nc2n1-c1ccc(CN2C3COCC2CC(=O)C3)cc1. The molecule has 3 aromatic heterocycles. The monoisotopic (exact) mass is 439 g/mol. The number of hydrogen-bond donors (Lipinski definition) is 0. The first-order chi connectivity index (χ1) is 16.2. The van der Waals surface area contributed by atoms with Gasteiger partial charge in [0.15, 0.2) is 5.65 Å². The number of Topliss-reactive ketones (excluding diaryl/α,β-unsaturated/α-hetero) is 1. The van der Waals surface area contributed by atoms with Crippen LogP contribution in [-0.2, 0) is 16.1 Å². The summed E-state index contributed by atoms with van der Waals surface area (Å²) in [6.07, 6.45) is 4.75. The Morgan fingerprint density at radius 2 is 1.67 bits per heavy atom. The van der Waals surface area contributed by atoms with Gasteiger partial charge in [0.1, 0.15) is 17.1 Å². The van der Waals surface area contributed by atoms with Crippen LogP contribution in [0.1, 0.15) is 24.2 Å². The number of piperidine rings is 1. The number of carbonyl (C=O) groups excluding carboxylic acids is 1. The van der Waals surface area contributed by atoms with Gasteiger partial charge in [0.25, 0.3) is 0 Å². The van der Waals surface area contributed by atoms with Crippen molar-refractivity contribution in [2.45, 2.75) is 38.4 Å².